The maximum Gasteiger partial charge on any atom is 0.338 e. The fourth-order valence-electron chi connectivity index (χ4n) is 2.55. The molecule has 0 aliphatic rings. The molecule has 8 nitrogen and oxygen atoms in total. The van der Waals surface area contributed by atoms with Crippen molar-refractivity contribution in [1.82, 2.24) is 0 Å². The highest BCUT2D eigenvalue weighted by atomic mass is 16.6. The summed E-state index contributed by atoms with van der Waals surface area (Å²) in [7, 11) is 0. The zero-order valence-electron chi connectivity index (χ0n) is 20.0. The molecule has 0 spiro atoms. The van der Waals surface area contributed by atoms with E-state index < -0.39 is 24.2 Å². The summed E-state index contributed by atoms with van der Waals surface area (Å²) in [5.41, 5.74) is 2.52. The maximum absolute atomic E-state index is 12.2. The minimum absolute atomic E-state index is 0.0737. The van der Waals surface area contributed by atoms with Crippen molar-refractivity contribution in [2.75, 3.05) is 13.2 Å². The molecule has 0 aliphatic carbocycles. The van der Waals surface area contributed by atoms with E-state index in [2.05, 4.69) is 19.7 Å². The number of carbonyl (C=O) groups is 3. The number of carbonyl (C=O) groups excluding carboxylic acids is 3. The van der Waals surface area contributed by atoms with Gasteiger partial charge in [-0.2, -0.15) is 0 Å². The molecule has 1 atom stereocenters. The smallest absolute Gasteiger partial charge is 0.338 e. The molecule has 184 valence electrons. The summed E-state index contributed by atoms with van der Waals surface area (Å²) in [5.74, 6) is -1.54. The van der Waals surface area contributed by atoms with Crippen molar-refractivity contribution >= 4 is 17.9 Å². The molecule has 1 N–H and O–H groups in total. The van der Waals surface area contributed by atoms with Gasteiger partial charge in [-0.15, -0.1) is 0 Å². The summed E-state index contributed by atoms with van der Waals surface area (Å²) < 4.78 is 20.8. The fourth-order valence-corrected chi connectivity index (χ4v) is 2.55. The Balaban J connectivity index is 2.16. The zero-order valence-corrected chi connectivity index (χ0v) is 20.0. The number of hydrogen-bond donors (Lipinski definition) is 1. The van der Waals surface area contributed by atoms with E-state index in [1.807, 2.05) is 0 Å². The Labute approximate surface area is 204 Å². The van der Waals surface area contributed by atoms with Crippen LogP contribution in [0.5, 0.6) is 11.5 Å². The highest BCUT2D eigenvalue weighted by Gasteiger charge is 2.17. The lowest BCUT2D eigenvalue weighted by atomic mass is 10.0. The van der Waals surface area contributed by atoms with Crippen LogP contribution in [0.2, 0.25) is 0 Å². The predicted molar refractivity (Wildman–Crippen MR) is 130 cm³/mol. The molecule has 8 heteroatoms. The van der Waals surface area contributed by atoms with Gasteiger partial charge in [-0.3, -0.25) is 0 Å². The number of hydrogen-bond acceptors (Lipinski definition) is 8. The summed E-state index contributed by atoms with van der Waals surface area (Å²) in [5, 5.41) is 9.99. The number of rotatable bonds is 11. The highest BCUT2D eigenvalue weighted by Crippen LogP contribution is 2.34. The third-order valence-electron chi connectivity index (χ3n) is 4.51. The lowest BCUT2D eigenvalue weighted by Gasteiger charge is -2.17. The molecular weight excluding hydrogens is 452 g/mol. The average molecular weight is 481 g/mol. The van der Waals surface area contributed by atoms with Crippen molar-refractivity contribution in [1.29, 1.82) is 0 Å². The largest absolute Gasteiger partial charge is 0.459 e. The molecule has 35 heavy (non-hydrogen) atoms. The van der Waals surface area contributed by atoms with Gasteiger partial charge in [0.25, 0.3) is 0 Å². The van der Waals surface area contributed by atoms with Crippen LogP contribution in [0, 0.1) is 0 Å². The van der Waals surface area contributed by atoms with E-state index in [0.717, 1.165) is 5.56 Å². The van der Waals surface area contributed by atoms with Gasteiger partial charge < -0.3 is 24.1 Å². The number of esters is 3. The SMILES string of the molecule is C=C(C)C(=O)OCCOC(=O)c1ccc(-c2ccc(OC(O)C(=C)C)c(OC(=O)C(=C)C)c2)cc1. The summed E-state index contributed by atoms with van der Waals surface area (Å²) in [4.78, 5) is 35.6. The predicted octanol–water partition coefficient (Wildman–Crippen LogP) is 4.38. The first kappa shape index (κ1) is 27.1. The van der Waals surface area contributed by atoms with Crippen LogP contribution in [0.25, 0.3) is 11.1 Å². The Morgan fingerprint density at radius 1 is 0.800 bits per heavy atom. The second-order valence-corrected chi connectivity index (χ2v) is 7.78. The third-order valence-corrected chi connectivity index (χ3v) is 4.51. The van der Waals surface area contributed by atoms with Gasteiger partial charge in [0.1, 0.15) is 13.2 Å². The summed E-state index contributed by atoms with van der Waals surface area (Å²) in [6, 6.07) is 11.4. The van der Waals surface area contributed by atoms with Crippen LogP contribution in [-0.2, 0) is 19.1 Å². The minimum Gasteiger partial charge on any atom is -0.459 e. The molecule has 1 unspecified atom stereocenters. The molecule has 0 bridgehead atoms. The van der Waals surface area contributed by atoms with Crippen molar-refractivity contribution in [3.8, 4) is 22.6 Å². The van der Waals surface area contributed by atoms with Gasteiger partial charge >= 0.3 is 17.9 Å². The first-order valence-corrected chi connectivity index (χ1v) is 10.6. The van der Waals surface area contributed by atoms with Gasteiger partial charge in [-0.25, -0.2) is 14.4 Å². The standard InChI is InChI=1S/C27H28O8/c1-16(2)24(28)32-13-14-33-27(31)20-9-7-19(8-10-20)21-11-12-22(34-25(29)17(3)4)23(15-21)35-26(30)18(5)6/h7-12,15,25,29H,1,3,5,13-14H2,2,4,6H3. The minimum atomic E-state index is -1.28. The fraction of sp³-hybridized carbons (Fsp3) is 0.222. The highest BCUT2D eigenvalue weighted by molar-refractivity contribution is 5.91. The first-order valence-electron chi connectivity index (χ1n) is 10.6. The van der Waals surface area contributed by atoms with Crippen LogP contribution in [0.1, 0.15) is 31.1 Å². The molecule has 0 saturated carbocycles. The van der Waals surface area contributed by atoms with E-state index in [1.54, 1.807) is 49.4 Å². The zero-order chi connectivity index (χ0) is 26.1. The Morgan fingerprint density at radius 2 is 1.37 bits per heavy atom. The van der Waals surface area contributed by atoms with Crippen LogP contribution < -0.4 is 9.47 Å². The van der Waals surface area contributed by atoms with Crippen molar-refractivity contribution in [2.45, 2.75) is 27.1 Å². The average Bonchev–Trinajstić information content (AvgIpc) is 2.82. The van der Waals surface area contributed by atoms with E-state index >= 15 is 0 Å². The molecule has 0 fully saturated rings. The molecule has 0 radical (unpaired) electrons. The number of benzene rings is 2. The molecule has 0 saturated heterocycles. The van der Waals surface area contributed by atoms with E-state index in [-0.39, 0.29) is 35.9 Å². The number of aliphatic hydroxyl groups is 1. The van der Waals surface area contributed by atoms with E-state index in [1.165, 1.54) is 13.8 Å². The van der Waals surface area contributed by atoms with Crippen LogP contribution in [0.15, 0.2) is 78.9 Å². The Morgan fingerprint density at radius 3 is 1.94 bits per heavy atom. The van der Waals surface area contributed by atoms with E-state index in [0.29, 0.717) is 16.7 Å². The van der Waals surface area contributed by atoms with Crippen molar-refractivity contribution in [3.63, 3.8) is 0 Å². The molecule has 2 aromatic carbocycles. The van der Waals surface area contributed by atoms with Crippen LogP contribution in [0.4, 0.5) is 0 Å². The number of aliphatic hydroxyl groups excluding tert-OH is 1. The maximum atomic E-state index is 12.2. The lowest BCUT2D eigenvalue weighted by Crippen LogP contribution is -2.17. The van der Waals surface area contributed by atoms with E-state index in [9.17, 15) is 19.5 Å². The second kappa shape index (κ2) is 12.3. The van der Waals surface area contributed by atoms with Crippen LogP contribution in [-0.4, -0.2) is 42.5 Å². The Kier molecular flexibility index (Phi) is 9.54. The molecule has 0 aliphatic heterocycles. The molecule has 2 aromatic rings. The molecule has 0 aromatic heterocycles. The summed E-state index contributed by atoms with van der Waals surface area (Å²) in [6.45, 7) is 15.1. The monoisotopic (exact) mass is 480 g/mol. The molecule has 0 amide bonds. The third kappa shape index (κ3) is 7.97. The van der Waals surface area contributed by atoms with Gasteiger partial charge in [0.05, 0.1) is 5.56 Å². The van der Waals surface area contributed by atoms with Gasteiger partial charge in [0.2, 0.25) is 6.29 Å². The number of ether oxygens (including phenoxy) is 4. The van der Waals surface area contributed by atoms with E-state index in [4.69, 9.17) is 18.9 Å². The molecule has 0 heterocycles. The van der Waals surface area contributed by atoms with Crippen LogP contribution in [0.3, 0.4) is 0 Å². The lowest BCUT2D eigenvalue weighted by molar-refractivity contribution is -0.140. The summed E-state index contributed by atoms with van der Waals surface area (Å²) >= 11 is 0. The second-order valence-electron chi connectivity index (χ2n) is 7.78. The topological polar surface area (TPSA) is 108 Å². The molecule has 2 rings (SSSR count). The van der Waals surface area contributed by atoms with Crippen LogP contribution >= 0.6 is 0 Å². The van der Waals surface area contributed by atoms with Crippen molar-refractivity contribution in [2.24, 2.45) is 0 Å². The van der Waals surface area contributed by atoms with Gasteiger partial charge in [0.15, 0.2) is 11.5 Å². The first-order chi connectivity index (χ1) is 16.5. The molecular formula is C27H28O8. The van der Waals surface area contributed by atoms with Gasteiger partial charge in [-0.1, -0.05) is 37.9 Å². The Hall–Kier alpha value is -4.17. The van der Waals surface area contributed by atoms with Gasteiger partial charge in [-0.05, 0) is 61.7 Å². The van der Waals surface area contributed by atoms with Gasteiger partial charge in [0, 0.05) is 11.1 Å². The van der Waals surface area contributed by atoms with Crippen molar-refractivity contribution < 1.29 is 38.4 Å². The quantitative estimate of drug-likeness (QED) is 0.126. The Bertz CT molecular complexity index is 1140. The summed E-state index contributed by atoms with van der Waals surface area (Å²) in [6.07, 6.45) is -1.28. The normalized spacial score (nSPS) is 11.1. The van der Waals surface area contributed by atoms with Crippen molar-refractivity contribution in [3.05, 3.63) is 84.5 Å².